The van der Waals surface area contributed by atoms with E-state index in [0.717, 1.165) is 37.8 Å². The summed E-state index contributed by atoms with van der Waals surface area (Å²) in [6.45, 7) is 5.61. The lowest BCUT2D eigenvalue weighted by atomic mass is 9.98. The molecule has 0 aromatic heterocycles. The predicted octanol–water partition coefficient (Wildman–Crippen LogP) is 2.59. The first kappa shape index (κ1) is 14.1. The minimum absolute atomic E-state index is 0.119. The van der Waals surface area contributed by atoms with Gasteiger partial charge in [-0.15, -0.1) is 0 Å². The predicted molar refractivity (Wildman–Crippen MR) is 78.2 cm³/mol. The van der Waals surface area contributed by atoms with Gasteiger partial charge in [-0.1, -0.05) is 25.5 Å². The van der Waals surface area contributed by atoms with E-state index in [2.05, 4.69) is 26.0 Å². The van der Waals surface area contributed by atoms with Gasteiger partial charge in [0.1, 0.15) is 0 Å². The molecule has 1 fully saturated rings. The molecular formula is C16H24N2O. The fourth-order valence-corrected chi connectivity index (χ4v) is 2.84. The molecule has 0 bridgehead atoms. The summed E-state index contributed by atoms with van der Waals surface area (Å²) in [7, 11) is 0. The SMILES string of the molecule is CCCc1ccc(C(=O)N2CCCC2(C)CN)cc1. The summed E-state index contributed by atoms with van der Waals surface area (Å²) in [5, 5.41) is 0. The Kier molecular flexibility index (Phi) is 4.25. The Labute approximate surface area is 115 Å². The zero-order valence-electron chi connectivity index (χ0n) is 12.0. The van der Waals surface area contributed by atoms with Crippen molar-refractivity contribution in [3.8, 4) is 0 Å². The van der Waals surface area contributed by atoms with Gasteiger partial charge in [0.05, 0.1) is 5.54 Å². The first-order chi connectivity index (χ1) is 9.10. The van der Waals surface area contributed by atoms with E-state index in [1.54, 1.807) is 0 Å². The molecule has 1 amide bonds. The van der Waals surface area contributed by atoms with Crippen LogP contribution in [0.1, 0.15) is 49.0 Å². The normalized spacial score (nSPS) is 22.8. The number of aryl methyl sites for hydroxylation is 1. The lowest BCUT2D eigenvalue weighted by Gasteiger charge is -2.34. The number of amides is 1. The maximum absolute atomic E-state index is 12.6. The van der Waals surface area contributed by atoms with Crippen LogP contribution in [0, 0.1) is 0 Å². The van der Waals surface area contributed by atoms with Crippen molar-refractivity contribution in [3.05, 3.63) is 35.4 Å². The first-order valence-corrected chi connectivity index (χ1v) is 7.21. The van der Waals surface area contributed by atoms with Crippen LogP contribution in [-0.2, 0) is 6.42 Å². The van der Waals surface area contributed by atoms with Gasteiger partial charge in [0.2, 0.25) is 0 Å². The zero-order valence-corrected chi connectivity index (χ0v) is 12.0. The van der Waals surface area contributed by atoms with E-state index < -0.39 is 0 Å². The highest BCUT2D eigenvalue weighted by Gasteiger charge is 2.38. The molecule has 19 heavy (non-hydrogen) atoms. The molecule has 3 nitrogen and oxygen atoms in total. The third kappa shape index (κ3) is 2.81. The molecule has 1 aliphatic rings. The van der Waals surface area contributed by atoms with Gasteiger partial charge < -0.3 is 10.6 Å². The van der Waals surface area contributed by atoms with Crippen LogP contribution in [0.3, 0.4) is 0 Å². The van der Waals surface area contributed by atoms with Crippen LogP contribution in [0.15, 0.2) is 24.3 Å². The molecule has 0 spiro atoms. The molecule has 1 aliphatic heterocycles. The Morgan fingerprint density at radius 3 is 2.63 bits per heavy atom. The standard InChI is InChI=1S/C16H24N2O/c1-3-5-13-6-8-14(9-7-13)15(19)18-11-4-10-16(18,2)12-17/h6-9H,3-5,10-12,17H2,1-2H3. The van der Waals surface area contributed by atoms with Crippen molar-refractivity contribution in [2.45, 2.75) is 45.1 Å². The number of hydrogen-bond donors (Lipinski definition) is 1. The Morgan fingerprint density at radius 1 is 1.37 bits per heavy atom. The third-order valence-corrected chi connectivity index (χ3v) is 4.17. The van der Waals surface area contributed by atoms with Crippen LogP contribution in [0.25, 0.3) is 0 Å². The van der Waals surface area contributed by atoms with Gasteiger partial charge in [0.25, 0.3) is 5.91 Å². The lowest BCUT2D eigenvalue weighted by Crippen LogP contribution is -2.50. The van der Waals surface area contributed by atoms with E-state index in [9.17, 15) is 4.79 Å². The monoisotopic (exact) mass is 260 g/mol. The number of nitrogens with two attached hydrogens (primary N) is 1. The second-order valence-electron chi connectivity index (χ2n) is 5.71. The van der Waals surface area contributed by atoms with E-state index in [0.29, 0.717) is 6.54 Å². The fourth-order valence-electron chi connectivity index (χ4n) is 2.84. The molecule has 1 saturated heterocycles. The summed E-state index contributed by atoms with van der Waals surface area (Å²) in [6, 6.07) is 8.02. The van der Waals surface area contributed by atoms with E-state index in [4.69, 9.17) is 5.73 Å². The Bertz CT molecular complexity index is 441. The van der Waals surface area contributed by atoms with Crippen LogP contribution in [0.2, 0.25) is 0 Å². The van der Waals surface area contributed by atoms with Crippen molar-refractivity contribution in [3.63, 3.8) is 0 Å². The molecule has 1 aromatic rings. The van der Waals surface area contributed by atoms with E-state index >= 15 is 0 Å². The van der Waals surface area contributed by atoms with Crippen molar-refractivity contribution in [1.82, 2.24) is 4.90 Å². The largest absolute Gasteiger partial charge is 0.332 e. The summed E-state index contributed by atoms with van der Waals surface area (Å²) < 4.78 is 0. The highest BCUT2D eigenvalue weighted by atomic mass is 16.2. The second kappa shape index (κ2) is 5.74. The molecule has 1 aromatic carbocycles. The van der Waals surface area contributed by atoms with Crippen molar-refractivity contribution in [2.75, 3.05) is 13.1 Å². The van der Waals surface area contributed by atoms with Gasteiger partial charge in [0.15, 0.2) is 0 Å². The van der Waals surface area contributed by atoms with Crippen molar-refractivity contribution >= 4 is 5.91 Å². The lowest BCUT2D eigenvalue weighted by molar-refractivity contribution is 0.0637. The maximum Gasteiger partial charge on any atom is 0.254 e. The topological polar surface area (TPSA) is 46.3 Å². The summed E-state index contributed by atoms with van der Waals surface area (Å²) >= 11 is 0. The number of hydrogen-bond acceptors (Lipinski definition) is 2. The molecule has 104 valence electrons. The van der Waals surface area contributed by atoms with E-state index in [-0.39, 0.29) is 11.4 Å². The summed E-state index contributed by atoms with van der Waals surface area (Å²) in [6.07, 6.45) is 4.25. The minimum atomic E-state index is -0.167. The van der Waals surface area contributed by atoms with Crippen molar-refractivity contribution in [2.24, 2.45) is 5.73 Å². The third-order valence-electron chi connectivity index (χ3n) is 4.17. The van der Waals surface area contributed by atoms with E-state index in [1.807, 2.05) is 17.0 Å². The maximum atomic E-state index is 12.6. The molecule has 0 saturated carbocycles. The zero-order chi connectivity index (χ0) is 13.9. The van der Waals surface area contributed by atoms with Gasteiger partial charge in [-0.3, -0.25) is 4.79 Å². The van der Waals surface area contributed by atoms with Crippen molar-refractivity contribution in [1.29, 1.82) is 0 Å². The van der Waals surface area contributed by atoms with Gasteiger partial charge >= 0.3 is 0 Å². The van der Waals surface area contributed by atoms with Gasteiger partial charge in [-0.2, -0.15) is 0 Å². The summed E-state index contributed by atoms with van der Waals surface area (Å²) in [4.78, 5) is 14.5. The highest BCUT2D eigenvalue weighted by molar-refractivity contribution is 5.95. The Morgan fingerprint density at radius 2 is 2.05 bits per heavy atom. The highest BCUT2D eigenvalue weighted by Crippen LogP contribution is 2.29. The van der Waals surface area contributed by atoms with Crippen LogP contribution in [0.5, 0.6) is 0 Å². The van der Waals surface area contributed by atoms with Crippen LogP contribution >= 0.6 is 0 Å². The molecule has 2 N–H and O–H groups in total. The van der Waals surface area contributed by atoms with Gasteiger partial charge in [0, 0.05) is 18.7 Å². The van der Waals surface area contributed by atoms with Gasteiger partial charge in [-0.05, 0) is 43.9 Å². The number of rotatable bonds is 4. The van der Waals surface area contributed by atoms with E-state index in [1.165, 1.54) is 5.56 Å². The molecule has 1 unspecified atom stereocenters. The van der Waals surface area contributed by atoms with Crippen LogP contribution < -0.4 is 5.73 Å². The first-order valence-electron chi connectivity index (χ1n) is 7.21. The van der Waals surface area contributed by atoms with Crippen molar-refractivity contribution < 1.29 is 4.79 Å². The van der Waals surface area contributed by atoms with Gasteiger partial charge in [-0.25, -0.2) is 0 Å². The molecular weight excluding hydrogens is 236 g/mol. The number of carbonyl (C=O) groups excluding carboxylic acids is 1. The number of likely N-dealkylation sites (tertiary alicyclic amines) is 1. The average molecular weight is 260 g/mol. The number of benzene rings is 1. The summed E-state index contributed by atoms with van der Waals surface area (Å²) in [5.74, 6) is 0.119. The Balaban J connectivity index is 2.15. The van der Waals surface area contributed by atoms with Crippen LogP contribution in [0.4, 0.5) is 0 Å². The molecule has 0 aliphatic carbocycles. The minimum Gasteiger partial charge on any atom is -0.332 e. The number of nitrogens with zero attached hydrogens (tertiary/aromatic N) is 1. The molecule has 1 heterocycles. The molecule has 3 heteroatoms. The molecule has 0 radical (unpaired) electrons. The Hall–Kier alpha value is -1.35. The molecule has 1 atom stereocenters. The smallest absolute Gasteiger partial charge is 0.254 e. The number of carbonyl (C=O) groups is 1. The second-order valence-corrected chi connectivity index (χ2v) is 5.71. The fraction of sp³-hybridized carbons (Fsp3) is 0.562. The molecule has 2 rings (SSSR count). The van der Waals surface area contributed by atoms with Crippen LogP contribution in [-0.4, -0.2) is 29.4 Å². The average Bonchev–Trinajstić information content (AvgIpc) is 2.82. The summed E-state index contributed by atoms with van der Waals surface area (Å²) in [5.41, 5.74) is 7.75. The quantitative estimate of drug-likeness (QED) is 0.904.